The fourth-order valence-corrected chi connectivity index (χ4v) is 2.14. The lowest BCUT2D eigenvalue weighted by Crippen LogP contribution is -1.86. The Hall–Kier alpha value is -0.500. The molecule has 0 bridgehead atoms. The summed E-state index contributed by atoms with van der Waals surface area (Å²) in [6.07, 6.45) is 1.05. The van der Waals surface area contributed by atoms with Crippen molar-refractivity contribution in [2.45, 2.75) is 13.3 Å². The summed E-state index contributed by atoms with van der Waals surface area (Å²) in [6, 6.07) is 4.28. The van der Waals surface area contributed by atoms with E-state index in [4.69, 9.17) is 4.74 Å². The predicted octanol–water partition coefficient (Wildman–Crippen LogP) is 2.69. The number of rotatable bonds is 0. The second-order valence-corrected chi connectivity index (χ2v) is 3.69. The highest BCUT2D eigenvalue weighted by molar-refractivity contribution is 9.10. The summed E-state index contributed by atoms with van der Waals surface area (Å²) >= 11 is 3.47. The van der Waals surface area contributed by atoms with Crippen molar-refractivity contribution in [1.82, 2.24) is 0 Å². The number of hydrogen-bond acceptors (Lipinski definition) is 1. The highest BCUT2D eigenvalue weighted by atomic mass is 79.9. The lowest BCUT2D eigenvalue weighted by molar-refractivity contribution is 0.355. The lowest BCUT2D eigenvalue weighted by atomic mass is 10.1. The quantitative estimate of drug-likeness (QED) is 0.643. The molecule has 0 atom stereocenters. The van der Waals surface area contributed by atoms with Crippen LogP contribution in [0.25, 0.3) is 0 Å². The molecular weight excluding hydrogens is 204 g/mol. The third-order valence-corrected chi connectivity index (χ3v) is 2.47. The van der Waals surface area contributed by atoms with Crippen LogP contribution >= 0.6 is 15.9 Å². The van der Waals surface area contributed by atoms with Crippen molar-refractivity contribution in [3.63, 3.8) is 0 Å². The molecule has 58 valence electrons. The van der Waals surface area contributed by atoms with E-state index in [1.807, 2.05) is 0 Å². The number of fused-ring (bicyclic) bond motifs is 1. The number of aryl methyl sites for hydroxylation is 1. The number of benzene rings is 1. The van der Waals surface area contributed by atoms with Crippen LogP contribution in [-0.4, -0.2) is 6.61 Å². The zero-order valence-electron chi connectivity index (χ0n) is 6.36. The molecule has 2 heteroatoms. The van der Waals surface area contributed by atoms with Crippen LogP contribution in [0.5, 0.6) is 5.75 Å². The molecule has 0 aliphatic carbocycles. The lowest BCUT2D eigenvalue weighted by Gasteiger charge is -2.02. The third kappa shape index (κ3) is 1.16. The molecule has 2 rings (SSSR count). The van der Waals surface area contributed by atoms with Gasteiger partial charge in [-0.25, -0.2) is 0 Å². The molecule has 0 saturated carbocycles. The van der Waals surface area contributed by atoms with Gasteiger partial charge in [-0.3, -0.25) is 0 Å². The minimum atomic E-state index is 0.831. The van der Waals surface area contributed by atoms with Gasteiger partial charge in [0.1, 0.15) is 5.75 Å². The van der Waals surface area contributed by atoms with Crippen LogP contribution in [0.15, 0.2) is 16.6 Å². The zero-order chi connectivity index (χ0) is 7.84. The van der Waals surface area contributed by atoms with E-state index in [1.54, 1.807) is 0 Å². The summed E-state index contributed by atoms with van der Waals surface area (Å²) < 4.78 is 6.53. The first kappa shape index (κ1) is 7.17. The summed E-state index contributed by atoms with van der Waals surface area (Å²) in [4.78, 5) is 0. The highest BCUT2D eigenvalue weighted by Gasteiger charge is 2.14. The van der Waals surface area contributed by atoms with Crippen LogP contribution < -0.4 is 4.74 Å². The fraction of sp³-hybridized carbons (Fsp3) is 0.333. The van der Waals surface area contributed by atoms with Crippen molar-refractivity contribution < 1.29 is 4.74 Å². The molecular formula is C9H9BrO. The van der Waals surface area contributed by atoms with E-state index in [9.17, 15) is 0 Å². The van der Waals surface area contributed by atoms with Crippen LogP contribution in [0.1, 0.15) is 11.1 Å². The molecule has 1 aromatic carbocycles. The molecule has 0 spiro atoms. The van der Waals surface area contributed by atoms with Gasteiger partial charge in [-0.15, -0.1) is 0 Å². The molecule has 1 aliphatic rings. The van der Waals surface area contributed by atoms with Gasteiger partial charge in [0.25, 0.3) is 0 Å². The van der Waals surface area contributed by atoms with Crippen molar-refractivity contribution in [2.75, 3.05) is 6.61 Å². The van der Waals surface area contributed by atoms with E-state index in [0.717, 1.165) is 23.2 Å². The summed E-state index contributed by atoms with van der Waals surface area (Å²) in [5.41, 5.74) is 2.62. The van der Waals surface area contributed by atoms with Gasteiger partial charge in [0.05, 0.1) is 11.1 Å². The Kier molecular flexibility index (Phi) is 1.64. The van der Waals surface area contributed by atoms with Crippen LogP contribution in [0.2, 0.25) is 0 Å². The summed E-state index contributed by atoms with van der Waals surface area (Å²) in [7, 11) is 0. The topological polar surface area (TPSA) is 9.23 Å². The minimum Gasteiger partial charge on any atom is -0.492 e. The molecule has 0 radical (unpaired) electrons. The van der Waals surface area contributed by atoms with E-state index in [0.29, 0.717) is 0 Å². The van der Waals surface area contributed by atoms with E-state index in [2.05, 4.69) is 35.0 Å². The Morgan fingerprint density at radius 2 is 2.27 bits per heavy atom. The maximum atomic E-state index is 5.44. The van der Waals surface area contributed by atoms with Crippen molar-refractivity contribution >= 4 is 15.9 Å². The molecule has 0 aromatic heterocycles. The van der Waals surface area contributed by atoms with E-state index >= 15 is 0 Å². The van der Waals surface area contributed by atoms with Crippen LogP contribution in [0.4, 0.5) is 0 Å². The Bertz CT molecular complexity index is 294. The van der Waals surface area contributed by atoms with Gasteiger partial charge in [-0.1, -0.05) is 6.07 Å². The van der Waals surface area contributed by atoms with Crippen molar-refractivity contribution in [3.8, 4) is 5.75 Å². The maximum Gasteiger partial charge on any atom is 0.136 e. The monoisotopic (exact) mass is 212 g/mol. The van der Waals surface area contributed by atoms with Crippen LogP contribution in [0.3, 0.4) is 0 Å². The van der Waals surface area contributed by atoms with E-state index < -0.39 is 0 Å². The van der Waals surface area contributed by atoms with Gasteiger partial charge in [0.2, 0.25) is 0 Å². The molecule has 0 saturated heterocycles. The normalized spacial score (nSPS) is 14.4. The van der Waals surface area contributed by atoms with Crippen molar-refractivity contribution in [1.29, 1.82) is 0 Å². The summed E-state index contributed by atoms with van der Waals surface area (Å²) in [6.45, 7) is 2.93. The first-order valence-corrected chi connectivity index (χ1v) is 4.48. The molecule has 1 aliphatic heterocycles. The molecule has 0 amide bonds. The third-order valence-electron chi connectivity index (χ3n) is 1.88. The Morgan fingerprint density at radius 1 is 1.45 bits per heavy atom. The van der Waals surface area contributed by atoms with Crippen molar-refractivity contribution in [3.05, 3.63) is 27.7 Å². The molecule has 0 fully saturated rings. The van der Waals surface area contributed by atoms with Crippen molar-refractivity contribution in [2.24, 2.45) is 0 Å². The number of ether oxygens (including phenoxy) is 1. The first-order chi connectivity index (χ1) is 5.27. The highest BCUT2D eigenvalue weighted by Crippen LogP contribution is 2.34. The largest absolute Gasteiger partial charge is 0.492 e. The predicted molar refractivity (Wildman–Crippen MR) is 48.1 cm³/mol. The molecule has 1 aromatic rings. The van der Waals surface area contributed by atoms with Gasteiger partial charge < -0.3 is 4.74 Å². The second kappa shape index (κ2) is 2.52. The second-order valence-electron chi connectivity index (χ2n) is 2.83. The molecule has 1 nitrogen and oxygen atoms in total. The average Bonchev–Trinajstić information content (AvgIpc) is 2.34. The Balaban J connectivity index is 2.60. The van der Waals surface area contributed by atoms with Gasteiger partial charge in [-0.2, -0.15) is 0 Å². The van der Waals surface area contributed by atoms with Gasteiger partial charge >= 0.3 is 0 Å². The maximum absolute atomic E-state index is 5.44. The van der Waals surface area contributed by atoms with Crippen LogP contribution in [0, 0.1) is 6.92 Å². The molecule has 1 heterocycles. The smallest absolute Gasteiger partial charge is 0.136 e. The molecule has 11 heavy (non-hydrogen) atoms. The van der Waals surface area contributed by atoms with Gasteiger partial charge in [0.15, 0.2) is 0 Å². The Morgan fingerprint density at radius 3 is 3.09 bits per heavy atom. The molecule has 0 unspecified atom stereocenters. The standard InChI is InChI=1S/C9H9BrO/c1-6-4-7-2-3-11-9(7)8(10)5-6/h4-5H,2-3H2,1H3. The first-order valence-electron chi connectivity index (χ1n) is 3.69. The van der Waals surface area contributed by atoms with E-state index in [-0.39, 0.29) is 0 Å². The SMILES string of the molecule is Cc1cc(Br)c2c(c1)CCO2. The Labute approximate surface area is 74.5 Å². The number of halogens is 1. The number of hydrogen-bond donors (Lipinski definition) is 0. The summed E-state index contributed by atoms with van der Waals surface area (Å²) in [5, 5.41) is 0. The summed E-state index contributed by atoms with van der Waals surface area (Å²) in [5.74, 6) is 1.04. The van der Waals surface area contributed by atoms with Gasteiger partial charge in [-0.05, 0) is 40.0 Å². The van der Waals surface area contributed by atoms with E-state index in [1.165, 1.54) is 11.1 Å². The van der Waals surface area contributed by atoms with Crippen LogP contribution in [-0.2, 0) is 6.42 Å². The molecule has 0 N–H and O–H groups in total. The zero-order valence-corrected chi connectivity index (χ0v) is 7.94. The average molecular weight is 213 g/mol. The van der Waals surface area contributed by atoms with Gasteiger partial charge in [0, 0.05) is 6.42 Å². The minimum absolute atomic E-state index is 0.831. The fourth-order valence-electron chi connectivity index (χ4n) is 1.41.